The Kier molecular flexibility index (Phi) is 4.29. The number of hydrogen-bond acceptors (Lipinski definition) is 3. The minimum absolute atomic E-state index is 0.110. The highest BCUT2D eigenvalue weighted by atomic mass is 79.9. The lowest BCUT2D eigenvalue weighted by Crippen LogP contribution is -2.03. The fourth-order valence-corrected chi connectivity index (χ4v) is 1.88. The Morgan fingerprint density at radius 3 is 2.40 bits per heavy atom. The molecule has 0 amide bonds. The fourth-order valence-electron chi connectivity index (χ4n) is 1.61. The summed E-state index contributed by atoms with van der Waals surface area (Å²) in [5.41, 5.74) is -0.00898. The molecule has 0 fully saturated rings. The summed E-state index contributed by atoms with van der Waals surface area (Å²) in [5, 5.41) is 13.3. The highest BCUT2D eigenvalue weighted by Gasteiger charge is 2.18. The van der Waals surface area contributed by atoms with Gasteiger partial charge in [-0.15, -0.1) is 0 Å². The Hall–Kier alpha value is -2.02. The van der Waals surface area contributed by atoms with Crippen LogP contribution in [0.2, 0.25) is 0 Å². The molecule has 104 valence electrons. The summed E-state index contributed by atoms with van der Waals surface area (Å²) in [5.74, 6) is -2.06. The molecule has 20 heavy (non-hydrogen) atoms. The van der Waals surface area contributed by atoms with Crippen LogP contribution in [0, 0.1) is 21.7 Å². The van der Waals surface area contributed by atoms with Crippen LogP contribution in [0.15, 0.2) is 40.9 Å². The van der Waals surface area contributed by atoms with Gasteiger partial charge < -0.3 is 5.32 Å². The third kappa shape index (κ3) is 3.30. The largest absolute Gasteiger partial charge is 0.378 e. The van der Waals surface area contributed by atoms with Gasteiger partial charge >= 0.3 is 5.69 Å². The van der Waals surface area contributed by atoms with Crippen molar-refractivity contribution in [1.82, 2.24) is 0 Å². The van der Waals surface area contributed by atoms with Gasteiger partial charge in [0.15, 0.2) is 0 Å². The molecule has 4 nitrogen and oxygen atoms in total. The van der Waals surface area contributed by atoms with Crippen molar-refractivity contribution in [2.45, 2.75) is 6.54 Å². The molecule has 7 heteroatoms. The molecule has 0 aliphatic heterocycles. The number of nitro benzene ring substituents is 1. The van der Waals surface area contributed by atoms with E-state index in [1.54, 1.807) is 0 Å². The van der Waals surface area contributed by atoms with Gasteiger partial charge in [-0.05, 0) is 17.7 Å². The SMILES string of the molecule is O=[N+]([O-])c1cc(NCc2ccc(Br)cc2)c(F)cc1F. The second-order valence-corrected chi connectivity index (χ2v) is 4.94. The number of hydrogen-bond donors (Lipinski definition) is 1. The van der Waals surface area contributed by atoms with Crippen LogP contribution in [0.3, 0.4) is 0 Å². The van der Waals surface area contributed by atoms with E-state index in [2.05, 4.69) is 21.2 Å². The minimum Gasteiger partial charge on any atom is -0.378 e. The lowest BCUT2D eigenvalue weighted by atomic mass is 10.2. The number of rotatable bonds is 4. The monoisotopic (exact) mass is 342 g/mol. The van der Waals surface area contributed by atoms with Gasteiger partial charge in [-0.1, -0.05) is 28.1 Å². The zero-order valence-electron chi connectivity index (χ0n) is 10.1. The standard InChI is InChI=1S/C13H9BrF2N2O2/c14-9-3-1-8(2-4-9)7-17-12-6-13(18(19)20)11(16)5-10(12)15/h1-6,17H,7H2. The molecule has 2 aromatic carbocycles. The molecule has 0 saturated carbocycles. The van der Waals surface area contributed by atoms with Gasteiger partial charge in [0.25, 0.3) is 0 Å². The number of anilines is 1. The number of benzene rings is 2. The van der Waals surface area contributed by atoms with E-state index in [0.29, 0.717) is 6.07 Å². The molecule has 0 heterocycles. The third-order valence-corrected chi connectivity index (χ3v) is 3.16. The Morgan fingerprint density at radius 1 is 1.15 bits per heavy atom. The molecule has 0 aliphatic carbocycles. The van der Waals surface area contributed by atoms with Crippen molar-refractivity contribution >= 4 is 27.3 Å². The van der Waals surface area contributed by atoms with E-state index in [1.807, 2.05) is 24.3 Å². The average Bonchev–Trinajstić information content (AvgIpc) is 2.39. The molecule has 0 radical (unpaired) electrons. The summed E-state index contributed by atoms with van der Waals surface area (Å²) >= 11 is 3.29. The Bertz CT molecular complexity index is 648. The van der Waals surface area contributed by atoms with E-state index in [9.17, 15) is 18.9 Å². The molecular formula is C13H9BrF2N2O2. The molecule has 0 atom stereocenters. The quantitative estimate of drug-likeness (QED) is 0.667. The number of nitrogens with zero attached hydrogens (tertiary/aromatic N) is 1. The van der Waals surface area contributed by atoms with Crippen molar-refractivity contribution in [2.24, 2.45) is 0 Å². The van der Waals surface area contributed by atoms with E-state index >= 15 is 0 Å². The summed E-state index contributed by atoms with van der Waals surface area (Å²) in [6.45, 7) is 0.271. The minimum atomic E-state index is -1.19. The van der Waals surface area contributed by atoms with Crippen LogP contribution in [-0.4, -0.2) is 4.92 Å². The average molecular weight is 343 g/mol. The van der Waals surface area contributed by atoms with Crippen molar-refractivity contribution in [1.29, 1.82) is 0 Å². The van der Waals surface area contributed by atoms with E-state index in [-0.39, 0.29) is 12.2 Å². The molecule has 2 rings (SSSR count). The van der Waals surface area contributed by atoms with Gasteiger partial charge in [0, 0.05) is 23.2 Å². The van der Waals surface area contributed by atoms with Crippen molar-refractivity contribution < 1.29 is 13.7 Å². The first-order valence-corrected chi connectivity index (χ1v) is 6.38. The van der Waals surface area contributed by atoms with Crippen LogP contribution in [0.1, 0.15) is 5.56 Å². The molecular weight excluding hydrogens is 334 g/mol. The van der Waals surface area contributed by atoms with Crippen LogP contribution in [0.5, 0.6) is 0 Å². The summed E-state index contributed by atoms with van der Waals surface area (Å²) in [7, 11) is 0. The van der Waals surface area contributed by atoms with Gasteiger partial charge in [0.2, 0.25) is 5.82 Å². The van der Waals surface area contributed by atoms with E-state index in [0.717, 1.165) is 16.1 Å². The van der Waals surface area contributed by atoms with Crippen molar-refractivity contribution in [3.05, 3.63) is 68.2 Å². The highest BCUT2D eigenvalue weighted by molar-refractivity contribution is 9.10. The lowest BCUT2D eigenvalue weighted by molar-refractivity contribution is -0.387. The predicted octanol–water partition coefficient (Wildman–Crippen LogP) is 4.25. The summed E-state index contributed by atoms with van der Waals surface area (Å²) in [6, 6.07) is 8.62. The highest BCUT2D eigenvalue weighted by Crippen LogP contribution is 2.25. The Morgan fingerprint density at radius 2 is 1.80 bits per heavy atom. The predicted molar refractivity (Wildman–Crippen MR) is 74.5 cm³/mol. The maximum atomic E-state index is 13.5. The van der Waals surface area contributed by atoms with E-state index < -0.39 is 22.2 Å². The van der Waals surface area contributed by atoms with Gasteiger partial charge in [0.1, 0.15) is 5.82 Å². The molecule has 1 N–H and O–H groups in total. The molecule has 0 unspecified atom stereocenters. The van der Waals surface area contributed by atoms with E-state index in [1.165, 1.54) is 0 Å². The number of nitrogens with one attached hydrogen (secondary N) is 1. The second-order valence-electron chi connectivity index (χ2n) is 4.02. The number of halogens is 3. The van der Waals surface area contributed by atoms with Crippen LogP contribution >= 0.6 is 15.9 Å². The van der Waals surface area contributed by atoms with E-state index in [4.69, 9.17) is 0 Å². The van der Waals surface area contributed by atoms with Gasteiger partial charge in [0.05, 0.1) is 10.6 Å². The topological polar surface area (TPSA) is 55.2 Å². The maximum absolute atomic E-state index is 13.5. The van der Waals surface area contributed by atoms with Crippen molar-refractivity contribution in [3.8, 4) is 0 Å². The van der Waals surface area contributed by atoms with Crippen LogP contribution in [0.4, 0.5) is 20.2 Å². The van der Waals surface area contributed by atoms with Crippen molar-refractivity contribution in [3.63, 3.8) is 0 Å². The van der Waals surface area contributed by atoms with Crippen molar-refractivity contribution in [2.75, 3.05) is 5.32 Å². The molecule has 0 aliphatic rings. The summed E-state index contributed by atoms with van der Waals surface area (Å²) in [6.07, 6.45) is 0. The molecule has 0 saturated heterocycles. The normalized spacial score (nSPS) is 10.3. The van der Waals surface area contributed by atoms with Crippen LogP contribution in [-0.2, 0) is 6.54 Å². The molecule has 0 aromatic heterocycles. The molecule has 2 aromatic rings. The zero-order valence-corrected chi connectivity index (χ0v) is 11.7. The first kappa shape index (κ1) is 14.4. The first-order chi connectivity index (χ1) is 9.47. The summed E-state index contributed by atoms with van der Waals surface area (Å²) in [4.78, 5) is 9.72. The smallest absolute Gasteiger partial charge is 0.307 e. The Labute approximate surface area is 121 Å². The van der Waals surface area contributed by atoms with Crippen LogP contribution in [0.25, 0.3) is 0 Å². The van der Waals surface area contributed by atoms with Gasteiger partial charge in [-0.2, -0.15) is 4.39 Å². The fraction of sp³-hybridized carbons (Fsp3) is 0.0769. The summed E-state index contributed by atoms with van der Waals surface area (Å²) < 4.78 is 27.6. The van der Waals surface area contributed by atoms with Gasteiger partial charge in [-0.3, -0.25) is 10.1 Å². The third-order valence-electron chi connectivity index (χ3n) is 2.63. The van der Waals surface area contributed by atoms with Gasteiger partial charge in [-0.25, -0.2) is 4.39 Å². The zero-order chi connectivity index (χ0) is 14.7. The second kappa shape index (κ2) is 5.96. The van der Waals surface area contributed by atoms with Crippen LogP contribution < -0.4 is 5.32 Å². The molecule has 0 bridgehead atoms. The molecule has 0 spiro atoms. The number of nitro groups is 1. The Balaban J connectivity index is 2.18. The first-order valence-electron chi connectivity index (χ1n) is 5.59. The lowest BCUT2D eigenvalue weighted by Gasteiger charge is -2.08. The maximum Gasteiger partial charge on any atom is 0.307 e.